The summed E-state index contributed by atoms with van der Waals surface area (Å²) in [6.45, 7) is 0.175. The van der Waals surface area contributed by atoms with Crippen LogP contribution in [0.5, 0.6) is 5.75 Å². The predicted octanol–water partition coefficient (Wildman–Crippen LogP) is 4.90. The van der Waals surface area contributed by atoms with E-state index in [-0.39, 0.29) is 18.3 Å². The molecule has 2 aromatic carbocycles. The third kappa shape index (κ3) is 5.58. The highest BCUT2D eigenvalue weighted by molar-refractivity contribution is 9.11. The van der Waals surface area contributed by atoms with E-state index in [1.807, 2.05) is 48.5 Å². The second kappa shape index (κ2) is 9.20. The molecule has 0 fully saturated rings. The van der Waals surface area contributed by atoms with Crippen LogP contribution in [-0.2, 0) is 11.4 Å². The first-order chi connectivity index (χ1) is 12.6. The van der Waals surface area contributed by atoms with Gasteiger partial charge in [-0.05, 0) is 46.3 Å². The highest BCUT2D eigenvalue weighted by Crippen LogP contribution is 2.26. The van der Waals surface area contributed by atoms with Crippen molar-refractivity contribution >= 4 is 55.2 Å². The number of carbonyl (C=O) groups excluding carboxylic acids is 1. The Bertz CT molecular complexity index is 890. The second-order valence-electron chi connectivity index (χ2n) is 5.02. The molecule has 0 radical (unpaired) electrons. The number of benzene rings is 2. The van der Waals surface area contributed by atoms with E-state index in [4.69, 9.17) is 9.15 Å². The van der Waals surface area contributed by atoms with Gasteiger partial charge in [-0.2, -0.15) is 0 Å². The van der Waals surface area contributed by atoms with Crippen LogP contribution >= 0.6 is 43.6 Å². The van der Waals surface area contributed by atoms with Crippen molar-refractivity contribution in [3.63, 3.8) is 0 Å². The molecular weight excluding hydrogens is 486 g/mol. The van der Waals surface area contributed by atoms with Crippen LogP contribution in [0, 0.1) is 0 Å². The van der Waals surface area contributed by atoms with Crippen molar-refractivity contribution in [1.29, 1.82) is 0 Å². The summed E-state index contributed by atoms with van der Waals surface area (Å²) >= 11 is 7.94. The third-order valence-corrected chi connectivity index (χ3v) is 5.09. The fourth-order valence-corrected chi connectivity index (χ4v) is 3.21. The summed E-state index contributed by atoms with van der Waals surface area (Å²) in [7, 11) is 0. The minimum absolute atomic E-state index is 0.153. The highest BCUT2D eigenvalue weighted by Gasteiger charge is 2.11. The van der Waals surface area contributed by atoms with Gasteiger partial charge in [0.2, 0.25) is 5.91 Å². The molecule has 0 atom stereocenters. The first-order valence-electron chi connectivity index (χ1n) is 7.48. The third-order valence-electron chi connectivity index (χ3n) is 3.08. The molecule has 0 saturated heterocycles. The summed E-state index contributed by atoms with van der Waals surface area (Å²) in [5, 5.41) is 11.0. The summed E-state index contributed by atoms with van der Waals surface area (Å²) in [5.74, 6) is 1.06. The van der Waals surface area contributed by atoms with Crippen molar-refractivity contribution in [3.05, 3.63) is 63.4 Å². The number of carbonyl (C=O) groups is 1. The number of amides is 1. The van der Waals surface area contributed by atoms with Gasteiger partial charge in [-0.25, -0.2) is 0 Å². The van der Waals surface area contributed by atoms with Crippen molar-refractivity contribution < 1.29 is 13.9 Å². The summed E-state index contributed by atoms with van der Waals surface area (Å²) in [5.41, 5.74) is 0.687. The number of hydrogen-bond acceptors (Lipinski definition) is 6. The molecule has 1 N–H and O–H groups in total. The topological polar surface area (TPSA) is 77.2 Å². The van der Waals surface area contributed by atoms with Crippen molar-refractivity contribution in [2.24, 2.45) is 0 Å². The van der Waals surface area contributed by atoms with Crippen molar-refractivity contribution in [2.45, 2.75) is 11.8 Å². The van der Waals surface area contributed by atoms with Gasteiger partial charge in [-0.1, -0.05) is 45.9 Å². The summed E-state index contributed by atoms with van der Waals surface area (Å²) < 4.78 is 12.7. The SMILES string of the molecule is O=C(CSc1nnc(COc2ccccc2)o1)Nc1cc(Br)ccc1Br. The van der Waals surface area contributed by atoms with Crippen LogP contribution in [0.25, 0.3) is 0 Å². The van der Waals surface area contributed by atoms with Gasteiger partial charge in [0, 0.05) is 8.95 Å². The van der Waals surface area contributed by atoms with Gasteiger partial charge in [0.05, 0.1) is 11.4 Å². The molecule has 1 aromatic heterocycles. The van der Waals surface area contributed by atoms with Crippen LogP contribution < -0.4 is 10.1 Å². The molecule has 26 heavy (non-hydrogen) atoms. The largest absolute Gasteiger partial charge is 0.484 e. The van der Waals surface area contributed by atoms with Gasteiger partial charge in [-0.15, -0.1) is 10.2 Å². The number of hydrogen-bond donors (Lipinski definition) is 1. The molecule has 0 spiro atoms. The fraction of sp³-hybridized carbons (Fsp3) is 0.118. The normalized spacial score (nSPS) is 10.5. The van der Waals surface area contributed by atoms with E-state index in [1.54, 1.807) is 0 Å². The molecule has 9 heteroatoms. The Kier molecular flexibility index (Phi) is 6.70. The lowest BCUT2D eigenvalue weighted by atomic mass is 10.3. The lowest BCUT2D eigenvalue weighted by Crippen LogP contribution is -2.14. The number of ether oxygens (including phenoxy) is 1. The van der Waals surface area contributed by atoms with E-state index in [0.29, 0.717) is 16.8 Å². The summed E-state index contributed by atoms with van der Waals surface area (Å²) in [6.07, 6.45) is 0. The van der Waals surface area contributed by atoms with Gasteiger partial charge in [-0.3, -0.25) is 4.79 Å². The number of para-hydroxylation sites is 1. The Balaban J connectivity index is 1.48. The Hall–Kier alpha value is -1.84. The zero-order chi connectivity index (χ0) is 18.4. The molecule has 6 nitrogen and oxygen atoms in total. The fourth-order valence-electron chi connectivity index (χ4n) is 1.92. The van der Waals surface area contributed by atoms with Crippen molar-refractivity contribution in [1.82, 2.24) is 10.2 Å². The molecular formula is C17H13Br2N3O3S. The van der Waals surface area contributed by atoms with Gasteiger partial charge in [0.25, 0.3) is 11.1 Å². The molecule has 1 heterocycles. The summed E-state index contributed by atoms with van der Waals surface area (Å²) in [4.78, 5) is 12.1. The number of anilines is 1. The number of rotatable bonds is 7. The van der Waals surface area contributed by atoms with Crippen LogP contribution in [0.15, 0.2) is 67.1 Å². The maximum Gasteiger partial charge on any atom is 0.277 e. The Morgan fingerprint density at radius 2 is 1.96 bits per heavy atom. The monoisotopic (exact) mass is 497 g/mol. The van der Waals surface area contributed by atoms with E-state index in [1.165, 1.54) is 11.8 Å². The molecule has 0 aliphatic heterocycles. The molecule has 134 valence electrons. The first kappa shape index (κ1) is 18.9. The summed E-state index contributed by atoms with van der Waals surface area (Å²) in [6, 6.07) is 14.9. The van der Waals surface area contributed by atoms with Crippen molar-refractivity contribution in [3.8, 4) is 5.75 Å². The van der Waals surface area contributed by atoms with E-state index >= 15 is 0 Å². The molecule has 0 unspecified atom stereocenters. The van der Waals surface area contributed by atoms with Crippen LogP contribution in [0.3, 0.4) is 0 Å². The molecule has 0 aliphatic carbocycles. The standard InChI is InChI=1S/C17H13Br2N3O3S/c18-11-6-7-13(19)14(8-11)20-15(23)10-26-17-22-21-16(25-17)9-24-12-4-2-1-3-5-12/h1-8H,9-10H2,(H,20,23). The van der Waals surface area contributed by atoms with Crippen LogP contribution in [-0.4, -0.2) is 21.9 Å². The van der Waals surface area contributed by atoms with Gasteiger partial charge >= 0.3 is 0 Å². The van der Waals surface area contributed by atoms with E-state index in [2.05, 4.69) is 47.4 Å². The van der Waals surface area contributed by atoms with Crippen LogP contribution in [0.4, 0.5) is 5.69 Å². The predicted molar refractivity (Wildman–Crippen MR) is 106 cm³/mol. The average molecular weight is 499 g/mol. The number of halogens is 2. The number of thioether (sulfide) groups is 1. The average Bonchev–Trinajstić information content (AvgIpc) is 3.10. The number of aromatic nitrogens is 2. The van der Waals surface area contributed by atoms with E-state index < -0.39 is 0 Å². The Morgan fingerprint density at radius 1 is 1.15 bits per heavy atom. The number of nitrogens with one attached hydrogen (secondary N) is 1. The van der Waals surface area contributed by atoms with Gasteiger partial charge in [0.1, 0.15) is 5.75 Å². The van der Waals surface area contributed by atoms with Gasteiger partial charge in [0.15, 0.2) is 6.61 Å². The molecule has 3 aromatic rings. The first-order valence-corrected chi connectivity index (χ1v) is 10.1. The zero-order valence-corrected chi connectivity index (χ0v) is 17.3. The lowest BCUT2D eigenvalue weighted by Gasteiger charge is -2.07. The second-order valence-corrected chi connectivity index (χ2v) is 7.72. The van der Waals surface area contributed by atoms with E-state index in [9.17, 15) is 4.79 Å². The lowest BCUT2D eigenvalue weighted by molar-refractivity contribution is -0.113. The van der Waals surface area contributed by atoms with Crippen LogP contribution in [0.1, 0.15) is 5.89 Å². The molecule has 0 saturated carbocycles. The molecule has 1 amide bonds. The molecule has 0 aliphatic rings. The van der Waals surface area contributed by atoms with Crippen molar-refractivity contribution in [2.75, 3.05) is 11.1 Å². The minimum atomic E-state index is -0.172. The molecule has 0 bridgehead atoms. The molecule has 3 rings (SSSR count). The highest BCUT2D eigenvalue weighted by atomic mass is 79.9. The maximum absolute atomic E-state index is 12.1. The minimum Gasteiger partial charge on any atom is -0.484 e. The van der Waals surface area contributed by atoms with Gasteiger partial charge < -0.3 is 14.5 Å². The quantitative estimate of drug-likeness (QED) is 0.466. The zero-order valence-electron chi connectivity index (χ0n) is 13.3. The number of nitrogens with zero attached hydrogens (tertiary/aromatic N) is 2. The van der Waals surface area contributed by atoms with Crippen LogP contribution in [0.2, 0.25) is 0 Å². The smallest absolute Gasteiger partial charge is 0.277 e. The Morgan fingerprint density at radius 3 is 2.77 bits per heavy atom. The Labute approximate surface area is 171 Å². The van der Waals surface area contributed by atoms with E-state index in [0.717, 1.165) is 14.7 Å². The maximum atomic E-state index is 12.1.